The number of Topliss-reactive ketones (excluding diaryl/α,β-unsaturated/α-hetero) is 1. The summed E-state index contributed by atoms with van der Waals surface area (Å²) in [7, 11) is 0. The van der Waals surface area contributed by atoms with E-state index in [0.29, 0.717) is 11.3 Å². The summed E-state index contributed by atoms with van der Waals surface area (Å²) in [5, 5.41) is 3.20. The van der Waals surface area contributed by atoms with E-state index in [1.54, 1.807) is 24.3 Å². The van der Waals surface area contributed by atoms with E-state index in [0.717, 1.165) is 12.0 Å². The van der Waals surface area contributed by atoms with Gasteiger partial charge in [-0.15, -0.1) is 0 Å². The van der Waals surface area contributed by atoms with Crippen LogP contribution in [0.4, 0.5) is 0 Å². The van der Waals surface area contributed by atoms with Crippen LogP contribution in [0.25, 0.3) is 0 Å². The Morgan fingerprint density at radius 3 is 2.22 bits per heavy atom. The highest BCUT2D eigenvalue weighted by molar-refractivity contribution is 6.35. The fourth-order valence-corrected chi connectivity index (χ4v) is 1.45. The number of nitrogens with zero attached hydrogens (tertiary/aromatic N) is 1. The minimum Gasteiger partial charge on any atom is -0.457 e. The van der Waals surface area contributed by atoms with E-state index in [1.807, 2.05) is 30.3 Å². The van der Waals surface area contributed by atoms with Crippen LogP contribution in [0, 0.1) is 0 Å². The maximum atomic E-state index is 11.4. The molecule has 2 rings (SSSR count). The maximum Gasteiger partial charge on any atom is 0.205 e. The maximum absolute atomic E-state index is 11.4. The lowest BCUT2D eigenvalue weighted by Crippen LogP contribution is -2.01. The van der Waals surface area contributed by atoms with Crippen LogP contribution in [0.2, 0.25) is 0 Å². The van der Waals surface area contributed by atoms with Crippen molar-refractivity contribution in [3.8, 4) is 11.5 Å². The van der Waals surface area contributed by atoms with E-state index in [1.165, 1.54) is 0 Å². The third kappa shape index (κ3) is 2.95. The first-order chi connectivity index (χ1) is 8.79. The zero-order valence-corrected chi connectivity index (χ0v) is 9.61. The summed E-state index contributed by atoms with van der Waals surface area (Å²) >= 11 is 0. The van der Waals surface area contributed by atoms with E-state index in [2.05, 4.69) is 5.10 Å². The molecule has 0 saturated heterocycles. The monoisotopic (exact) mass is 240 g/mol. The van der Waals surface area contributed by atoms with Crippen LogP contribution in [0.3, 0.4) is 0 Å². The van der Waals surface area contributed by atoms with Crippen LogP contribution in [-0.4, -0.2) is 12.0 Å². The summed E-state index contributed by atoms with van der Waals surface area (Å²) in [6.45, 7) is 0. The van der Waals surface area contributed by atoms with Gasteiger partial charge in [0.05, 0.1) is 6.21 Å². The van der Waals surface area contributed by atoms with E-state index >= 15 is 0 Å². The molecule has 2 aromatic rings. The highest BCUT2D eigenvalue weighted by atomic mass is 16.5. The van der Waals surface area contributed by atoms with E-state index in [-0.39, 0.29) is 5.78 Å². The quantitative estimate of drug-likeness (QED) is 0.386. The van der Waals surface area contributed by atoms with E-state index in [9.17, 15) is 4.79 Å². The molecule has 0 aliphatic rings. The number of carbonyl (C=O) groups is 1. The molecule has 0 aliphatic heterocycles. The Labute approximate surface area is 105 Å². The molecule has 0 aliphatic carbocycles. The van der Waals surface area contributed by atoms with Crippen molar-refractivity contribution >= 4 is 12.0 Å². The van der Waals surface area contributed by atoms with Gasteiger partial charge in [-0.3, -0.25) is 4.79 Å². The van der Waals surface area contributed by atoms with Gasteiger partial charge in [-0.05, 0) is 36.4 Å². The van der Waals surface area contributed by atoms with Crippen molar-refractivity contribution in [3.05, 3.63) is 60.2 Å². The molecule has 0 heterocycles. The van der Waals surface area contributed by atoms with Crippen LogP contribution in [0.5, 0.6) is 11.5 Å². The van der Waals surface area contributed by atoms with Gasteiger partial charge in [-0.25, -0.2) is 0 Å². The van der Waals surface area contributed by atoms with Crippen LogP contribution < -0.4 is 10.6 Å². The fraction of sp³-hybridized carbons (Fsp3) is 0. The molecule has 2 aromatic carbocycles. The highest BCUT2D eigenvalue weighted by Crippen LogP contribution is 2.21. The molecule has 0 spiro atoms. The Morgan fingerprint density at radius 1 is 1.00 bits per heavy atom. The zero-order valence-electron chi connectivity index (χ0n) is 9.61. The smallest absolute Gasteiger partial charge is 0.205 e. The summed E-state index contributed by atoms with van der Waals surface area (Å²) in [6, 6.07) is 16.2. The van der Waals surface area contributed by atoms with Gasteiger partial charge in [0.2, 0.25) is 5.78 Å². The predicted octanol–water partition coefficient (Wildman–Crippen LogP) is 2.61. The summed E-state index contributed by atoms with van der Waals surface area (Å²) < 4.78 is 5.60. The Hall–Kier alpha value is -2.62. The lowest BCUT2D eigenvalue weighted by Gasteiger charge is -2.05. The molecule has 0 atom stereocenters. The van der Waals surface area contributed by atoms with Crippen molar-refractivity contribution in [1.29, 1.82) is 0 Å². The summed E-state index contributed by atoms with van der Waals surface area (Å²) in [5.74, 6) is 6.11. The summed E-state index contributed by atoms with van der Waals surface area (Å²) in [5.41, 5.74) is 0.518. The number of hydrazone groups is 1. The Bertz CT molecular complexity index is 548. The second-order valence-corrected chi connectivity index (χ2v) is 3.58. The van der Waals surface area contributed by atoms with Crippen molar-refractivity contribution in [2.75, 3.05) is 0 Å². The van der Waals surface area contributed by atoms with Crippen molar-refractivity contribution in [1.82, 2.24) is 0 Å². The molecule has 0 fully saturated rings. The lowest BCUT2D eigenvalue weighted by molar-refractivity contribution is 0.107. The number of nitrogens with two attached hydrogens (primary N) is 1. The average Bonchev–Trinajstić information content (AvgIpc) is 2.41. The minimum absolute atomic E-state index is 0.233. The molecule has 90 valence electrons. The fourth-order valence-electron chi connectivity index (χ4n) is 1.45. The second kappa shape index (κ2) is 5.63. The third-order valence-corrected chi connectivity index (χ3v) is 2.31. The molecule has 4 nitrogen and oxygen atoms in total. The number of hydrogen-bond acceptors (Lipinski definition) is 4. The Balaban J connectivity index is 2.11. The second-order valence-electron chi connectivity index (χ2n) is 3.58. The normalized spacial score (nSPS) is 10.4. The minimum atomic E-state index is -0.233. The van der Waals surface area contributed by atoms with Gasteiger partial charge in [-0.2, -0.15) is 5.10 Å². The van der Waals surface area contributed by atoms with Crippen LogP contribution in [0.15, 0.2) is 59.7 Å². The van der Waals surface area contributed by atoms with Crippen molar-refractivity contribution in [3.63, 3.8) is 0 Å². The SMILES string of the molecule is N/N=C/C(=O)c1ccc(Oc2ccccc2)cc1. The van der Waals surface area contributed by atoms with Gasteiger partial charge in [0.15, 0.2) is 0 Å². The van der Waals surface area contributed by atoms with Crippen LogP contribution in [-0.2, 0) is 0 Å². The van der Waals surface area contributed by atoms with Gasteiger partial charge in [0.25, 0.3) is 0 Å². The number of ketones is 1. The molecule has 0 amide bonds. The first-order valence-corrected chi connectivity index (χ1v) is 5.40. The van der Waals surface area contributed by atoms with Gasteiger partial charge in [0.1, 0.15) is 11.5 Å². The first-order valence-electron chi connectivity index (χ1n) is 5.40. The number of benzene rings is 2. The standard InChI is InChI=1S/C14H12N2O2/c15-16-10-14(17)11-6-8-13(9-7-11)18-12-4-2-1-3-5-12/h1-10H,15H2/b16-10+. The topological polar surface area (TPSA) is 64.7 Å². The molecule has 0 bridgehead atoms. The molecule has 0 radical (unpaired) electrons. The van der Waals surface area contributed by atoms with Gasteiger partial charge in [-0.1, -0.05) is 18.2 Å². The number of hydrogen-bond donors (Lipinski definition) is 1. The summed E-state index contributed by atoms with van der Waals surface area (Å²) in [6.07, 6.45) is 1.08. The van der Waals surface area contributed by atoms with Crippen LogP contribution in [0.1, 0.15) is 10.4 Å². The average molecular weight is 240 g/mol. The molecule has 0 aromatic heterocycles. The van der Waals surface area contributed by atoms with Gasteiger partial charge < -0.3 is 10.6 Å². The molecular weight excluding hydrogens is 228 g/mol. The highest BCUT2D eigenvalue weighted by Gasteiger charge is 2.03. The Morgan fingerprint density at radius 2 is 1.61 bits per heavy atom. The zero-order chi connectivity index (χ0) is 12.8. The van der Waals surface area contributed by atoms with Gasteiger partial charge in [0, 0.05) is 5.56 Å². The van der Waals surface area contributed by atoms with Gasteiger partial charge >= 0.3 is 0 Å². The molecule has 4 heteroatoms. The number of rotatable bonds is 4. The summed E-state index contributed by atoms with van der Waals surface area (Å²) in [4.78, 5) is 11.4. The first kappa shape index (κ1) is 11.9. The van der Waals surface area contributed by atoms with E-state index < -0.39 is 0 Å². The van der Waals surface area contributed by atoms with E-state index in [4.69, 9.17) is 10.6 Å². The Kier molecular flexibility index (Phi) is 3.71. The largest absolute Gasteiger partial charge is 0.457 e. The van der Waals surface area contributed by atoms with Crippen molar-refractivity contribution in [2.24, 2.45) is 10.9 Å². The molecule has 0 saturated carbocycles. The number of ether oxygens (including phenoxy) is 1. The van der Waals surface area contributed by atoms with Crippen LogP contribution >= 0.6 is 0 Å². The molecule has 0 unspecified atom stereocenters. The van der Waals surface area contributed by atoms with Crippen molar-refractivity contribution in [2.45, 2.75) is 0 Å². The molecule has 18 heavy (non-hydrogen) atoms. The lowest BCUT2D eigenvalue weighted by atomic mass is 10.1. The van der Waals surface area contributed by atoms with Crippen molar-refractivity contribution < 1.29 is 9.53 Å². The molecular formula is C14H12N2O2. The third-order valence-electron chi connectivity index (χ3n) is 2.31. The number of para-hydroxylation sites is 1. The predicted molar refractivity (Wildman–Crippen MR) is 70.0 cm³/mol. The number of carbonyl (C=O) groups excluding carboxylic acids is 1. The molecule has 2 N–H and O–H groups in total.